The minimum Gasteiger partial charge on any atom is -0.369 e. The molecule has 0 spiro atoms. The lowest BCUT2D eigenvalue weighted by Crippen LogP contribution is -2.55. The molecule has 3 rings (SSSR count). The van der Waals surface area contributed by atoms with E-state index in [9.17, 15) is 9.59 Å². The van der Waals surface area contributed by atoms with Crippen LogP contribution in [0.5, 0.6) is 0 Å². The largest absolute Gasteiger partial charge is 0.369 e. The summed E-state index contributed by atoms with van der Waals surface area (Å²) in [6.45, 7) is 10.9. The number of carbonyl (C=O) groups excluding carboxylic acids is 2. The van der Waals surface area contributed by atoms with Gasteiger partial charge in [0.1, 0.15) is 5.60 Å². The molecule has 3 saturated heterocycles. The van der Waals surface area contributed by atoms with Crippen LogP contribution in [-0.4, -0.2) is 110 Å². The maximum absolute atomic E-state index is 13.0. The first-order valence-corrected chi connectivity index (χ1v) is 10.9. The Labute approximate surface area is 169 Å². The van der Waals surface area contributed by atoms with Crippen molar-refractivity contribution in [2.45, 2.75) is 51.2 Å². The van der Waals surface area contributed by atoms with Crippen LogP contribution in [-0.2, 0) is 14.3 Å². The number of likely N-dealkylation sites (N-methyl/N-ethyl adjacent to an activating group) is 1. The van der Waals surface area contributed by atoms with Gasteiger partial charge in [-0.15, -0.1) is 0 Å². The number of rotatable bonds is 4. The number of carbonyl (C=O) groups is 2. The molecule has 0 N–H and O–H groups in total. The van der Waals surface area contributed by atoms with E-state index in [-0.39, 0.29) is 11.8 Å². The van der Waals surface area contributed by atoms with Gasteiger partial charge in [-0.2, -0.15) is 0 Å². The fraction of sp³-hybridized carbons (Fsp3) is 0.905. The molecule has 3 aliphatic heterocycles. The second-order valence-electron chi connectivity index (χ2n) is 9.20. The highest BCUT2D eigenvalue weighted by molar-refractivity contribution is 5.84. The molecule has 3 heterocycles. The van der Waals surface area contributed by atoms with Crippen LogP contribution in [0.15, 0.2) is 0 Å². The lowest BCUT2D eigenvalue weighted by atomic mass is 9.92. The Hall–Kier alpha value is -1.18. The highest BCUT2D eigenvalue weighted by atomic mass is 16.5. The molecular weight excluding hydrogens is 356 g/mol. The summed E-state index contributed by atoms with van der Waals surface area (Å²) in [5, 5.41) is 0. The summed E-state index contributed by atoms with van der Waals surface area (Å²) in [4.78, 5) is 34.4. The summed E-state index contributed by atoms with van der Waals surface area (Å²) < 4.78 is 5.35. The molecule has 0 aromatic carbocycles. The molecule has 160 valence electrons. The molecule has 0 saturated carbocycles. The van der Waals surface area contributed by atoms with Crippen molar-refractivity contribution in [3.8, 4) is 0 Å². The number of methoxy groups -OCH3 is 1. The normalized spacial score (nSPS) is 26.5. The van der Waals surface area contributed by atoms with Gasteiger partial charge in [0, 0.05) is 59.0 Å². The van der Waals surface area contributed by atoms with E-state index in [2.05, 4.69) is 21.7 Å². The van der Waals surface area contributed by atoms with Crippen molar-refractivity contribution in [1.29, 1.82) is 0 Å². The fourth-order valence-corrected chi connectivity index (χ4v) is 4.73. The van der Waals surface area contributed by atoms with Crippen LogP contribution in [0, 0.1) is 5.92 Å². The van der Waals surface area contributed by atoms with Gasteiger partial charge in [0.2, 0.25) is 5.91 Å². The molecule has 0 aromatic heterocycles. The Balaban J connectivity index is 1.50. The molecule has 28 heavy (non-hydrogen) atoms. The molecule has 0 unspecified atom stereocenters. The van der Waals surface area contributed by atoms with Crippen LogP contribution in [0.3, 0.4) is 0 Å². The summed E-state index contributed by atoms with van der Waals surface area (Å²) in [7, 11) is 3.71. The Morgan fingerprint density at radius 3 is 2.14 bits per heavy atom. The lowest BCUT2D eigenvalue weighted by Gasteiger charge is -2.44. The van der Waals surface area contributed by atoms with Gasteiger partial charge < -0.3 is 19.4 Å². The van der Waals surface area contributed by atoms with Gasteiger partial charge in [-0.1, -0.05) is 0 Å². The van der Waals surface area contributed by atoms with E-state index in [4.69, 9.17) is 4.74 Å². The average molecular weight is 395 g/mol. The van der Waals surface area contributed by atoms with E-state index >= 15 is 0 Å². The highest BCUT2D eigenvalue weighted by Gasteiger charge is 2.37. The minimum absolute atomic E-state index is 0.0789. The van der Waals surface area contributed by atoms with Crippen molar-refractivity contribution in [3.05, 3.63) is 0 Å². The number of piperazine rings is 1. The maximum Gasteiger partial charge on any atom is 0.254 e. The van der Waals surface area contributed by atoms with Crippen molar-refractivity contribution in [2.24, 2.45) is 5.92 Å². The Kier molecular flexibility index (Phi) is 6.99. The third-order valence-corrected chi connectivity index (χ3v) is 6.91. The molecule has 3 fully saturated rings. The van der Waals surface area contributed by atoms with E-state index in [1.807, 2.05) is 18.7 Å². The zero-order chi connectivity index (χ0) is 20.3. The molecule has 7 nitrogen and oxygen atoms in total. The van der Waals surface area contributed by atoms with Crippen LogP contribution in [0.4, 0.5) is 0 Å². The van der Waals surface area contributed by atoms with Crippen molar-refractivity contribution in [1.82, 2.24) is 19.6 Å². The summed E-state index contributed by atoms with van der Waals surface area (Å²) in [5.74, 6) is 0.576. The minimum atomic E-state index is -0.752. The van der Waals surface area contributed by atoms with E-state index in [0.717, 1.165) is 78.0 Å². The summed E-state index contributed by atoms with van der Waals surface area (Å²) in [6, 6.07) is 0.484. The average Bonchev–Trinajstić information content (AvgIpc) is 2.73. The Bertz CT molecular complexity index is 552. The topological polar surface area (TPSA) is 56.3 Å². The summed E-state index contributed by atoms with van der Waals surface area (Å²) in [5.41, 5.74) is -0.752. The summed E-state index contributed by atoms with van der Waals surface area (Å²) in [6.07, 6.45) is 4.09. The molecule has 0 aliphatic carbocycles. The van der Waals surface area contributed by atoms with E-state index in [1.54, 1.807) is 7.11 Å². The first-order chi connectivity index (χ1) is 13.3. The molecule has 0 radical (unpaired) electrons. The third-order valence-electron chi connectivity index (χ3n) is 6.91. The first-order valence-electron chi connectivity index (χ1n) is 10.9. The zero-order valence-corrected chi connectivity index (χ0v) is 18.2. The number of ether oxygens (including phenoxy) is 1. The molecule has 3 aliphatic rings. The molecule has 7 heteroatoms. The molecule has 0 bridgehead atoms. The molecule has 1 atom stereocenters. The van der Waals surface area contributed by atoms with Gasteiger partial charge >= 0.3 is 0 Å². The third kappa shape index (κ3) is 4.86. The quantitative estimate of drug-likeness (QED) is 0.709. The van der Waals surface area contributed by atoms with Crippen molar-refractivity contribution < 1.29 is 14.3 Å². The SMILES string of the molecule is COC(C)(C)C(=O)N1CCC(N2CCC[C@@H](C(=O)N3CCN(C)CC3)C2)CC1. The van der Waals surface area contributed by atoms with E-state index in [0.29, 0.717) is 11.9 Å². The van der Waals surface area contributed by atoms with Crippen LogP contribution in [0.25, 0.3) is 0 Å². The fourth-order valence-electron chi connectivity index (χ4n) is 4.73. The van der Waals surface area contributed by atoms with E-state index in [1.165, 1.54) is 0 Å². The van der Waals surface area contributed by atoms with Crippen LogP contribution < -0.4 is 0 Å². The second-order valence-corrected chi connectivity index (χ2v) is 9.20. The van der Waals surface area contributed by atoms with Crippen molar-refractivity contribution >= 4 is 11.8 Å². The number of likely N-dealkylation sites (tertiary alicyclic amines) is 2. The molecule has 2 amide bonds. The molecule has 0 aromatic rings. The van der Waals surface area contributed by atoms with Crippen molar-refractivity contribution in [2.75, 3.05) is 66.5 Å². The van der Waals surface area contributed by atoms with E-state index < -0.39 is 5.60 Å². The summed E-state index contributed by atoms with van der Waals surface area (Å²) >= 11 is 0. The van der Waals surface area contributed by atoms with Crippen LogP contribution >= 0.6 is 0 Å². The second kappa shape index (κ2) is 9.09. The Morgan fingerprint density at radius 2 is 1.54 bits per heavy atom. The van der Waals surface area contributed by atoms with Gasteiger partial charge in [-0.3, -0.25) is 14.5 Å². The maximum atomic E-state index is 13.0. The van der Waals surface area contributed by atoms with Crippen molar-refractivity contribution in [3.63, 3.8) is 0 Å². The molecular formula is C21H38N4O3. The number of amides is 2. The van der Waals surface area contributed by atoms with Gasteiger partial charge in [0.15, 0.2) is 0 Å². The zero-order valence-electron chi connectivity index (χ0n) is 18.2. The number of hydrogen-bond acceptors (Lipinski definition) is 5. The van der Waals surface area contributed by atoms with Gasteiger partial charge in [-0.25, -0.2) is 0 Å². The van der Waals surface area contributed by atoms with Crippen LogP contribution in [0.2, 0.25) is 0 Å². The van der Waals surface area contributed by atoms with Gasteiger partial charge in [0.25, 0.3) is 5.91 Å². The first kappa shape index (κ1) is 21.5. The monoisotopic (exact) mass is 394 g/mol. The Morgan fingerprint density at radius 1 is 0.893 bits per heavy atom. The predicted molar refractivity (Wildman–Crippen MR) is 109 cm³/mol. The standard InChI is InChI=1S/C21H38N4O3/c1-21(2,28-4)20(27)24-10-7-18(8-11-24)25-9-5-6-17(16-25)19(26)23-14-12-22(3)13-15-23/h17-18H,5-16H2,1-4H3/t17-/m1/s1. The van der Waals surface area contributed by atoms with Gasteiger partial charge in [0.05, 0.1) is 5.92 Å². The van der Waals surface area contributed by atoms with Crippen LogP contribution in [0.1, 0.15) is 39.5 Å². The predicted octanol–water partition coefficient (Wildman–Crippen LogP) is 0.888. The highest BCUT2D eigenvalue weighted by Crippen LogP contribution is 2.26. The number of hydrogen-bond donors (Lipinski definition) is 0. The van der Waals surface area contributed by atoms with Gasteiger partial charge in [-0.05, 0) is 53.1 Å². The number of nitrogens with zero attached hydrogens (tertiary/aromatic N) is 4. The lowest BCUT2D eigenvalue weighted by molar-refractivity contribution is -0.152. The number of piperidine rings is 2. The smallest absolute Gasteiger partial charge is 0.254 e.